The number of carbonyl (C=O) groups is 1. The van der Waals surface area contributed by atoms with Crippen molar-refractivity contribution in [3.05, 3.63) is 47.7 Å². The van der Waals surface area contributed by atoms with Gasteiger partial charge in [-0.15, -0.1) is 0 Å². The Labute approximate surface area is 112 Å². The lowest BCUT2D eigenvalue weighted by atomic mass is 10.1. The van der Waals surface area contributed by atoms with E-state index in [1.807, 2.05) is 6.07 Å². The Balaban J connectivity index is 2.26. The van der Waals surface area contributed by atoms with E-state index in [2.05, 4.69) is 27.8 Å². The number of carboxylic acid groups (broad SMARTS) is 1. The molecule has 96 valence electrons. The molecule has 1 aromatic carbocycles. The second kappa shape index (κ2) is 4.43. The first-order valence-corrected chi connectivity index (χ1v) is 5.98. The van der Waals surface area contributed by atoms with Gasteiger partial charge in [0.05, 0.1) is 5.25 Å². The number of thiol groups is 1. The lowest BCUT2D eigenvalue weighted by Gasteiger charge is -2.06. The van der Waals surface area contributed by atoms with Gasteiger partial charge in [0, 0.05) is 10.9 Å². The number of hydrogen-bond acceptors (Lipinski definition) is 5. The first-order chi connectivity index (χ1) is 9.18. The van der Waals surface area contributed by atoms with Crippen molar-refractivity contribution in [2.24, 2.45) is 0 Å². The van der Waals surface area contributed by atoms with Crippen LogP contribution in [0.3, 0.4) is 0 Å². The molecule has 2 aromatic heterocycles. The van der Waals surface area contributed by atoms with Crippen molar-refractivity contribution in [1.29, 1.82) is 0 Å². The maximum absolute atomic E-state index is 11.3. The summed E-state index contributed by atoms with van der Waals surface area (Å²) in [6.45, 7) is 0. The van der Waals surface area contributed by atoms with Gasteiger partial charge in [-0.25, -0.2) is 9.78 Å². The number of aromatic carboxylic acids is 1. The van der Waals surface area contributed by atoms with E-state index in [1.165, 1.54) is 6.33 Å². The number of furan rings is 1. The molecule has 7 heteroatoms. The minimum absolute atomic E-state index is 0.127. The van der Waals surface area contributed by atoms with E-state index >= 15 is 0 Å². The molecule has 1 unspecified atom stereocenters. The average Bonchev–Trinajstić information content (AvgIpc) is 3.05. The molecule has 0 bridgehead atoms. The summed E-state index contributed by atoms with van der Waals surface area (Å²) in [5.74, 6) is -0.792. The second-order valence-corrected chi connectivity index (χ2v) is 4.44. The third-order valence-corrected chi connectivity index (χ3v) is 3.30. The number of nitrogens with zero attached hydrogens (tertiary/aromatic N) is 2. The summed E-state index contributed by atoms with van der Waals surface area (Å²) < 4.78 is 5.37. The summed E-state index contributed by atoms with van der Waals surface area (Å²) in [5, 5.41) is 15.8. The fraction of sp³-hybridized carbons (Fsp3) is 0.0833. The van der Waals surface area contributed by atoms with Crippen LogP contribution < -0.4 is 0 Å². The van der Waals surface area contributed by atoms with E-state index in [4.69, 9.17) is 4.42 Å². The van der Waals surface area contributed by atoms with Crippen molar-refractivity contribution >= 4 is 29.6 Å². The fourth-order valence-corrected chi connectivity index (χ4v) is 2.36. The zero-order chi connectivity index (χ0) is 13.4. The van der Waals surface area contributed by atoms with Crippen LogP contribution in [-0.2, 0) is 0 Å². The zero-order valence-corrected chi connectivity index (χ0v) is 10.5. The van der Waals surface area contributed by atoms with E-state index in [1.54, 1.807) is 18.2 Å². The van der Waals surface area contributed by atoms with Gasteiger partial charge < -0.3 is 9.52 Å². The first kappa shape index (κ1) is 11.8. The van der Waals surface area contributed by atoms with Crippen LogP contribution in [0.15, 0.2) is 35.0 Å². The van der Waals surface area contributed by atoms with Crippen LogP contribution >= 0.6 is 12.6 Å². The first-order valence-electron chi connectivity index (χ1n) is 5.46. The largest absolute Gasteiger partial charge is 0.475 e. The van der Waals surface area contributed by atoms with E-state index in [-0.39, 0.29) is 5.76 Å². The molecule has 19 heavy (non-hydrogen) atoms. The maximum atomic E-state index is 11.3. The van der Waals surface area contributed by atoms with Crippen molar-refractivity contribution in [3.63, 3.8) is 0 Å². The van der Waals surface area contributed by atoms with E-state index in [0.29, 0.717) is 22.4 Å². The van der Waals surface area contributed by atoms with Crippen molar-refractivity contribution in [2.45, 2.75) is 5.25 Å². The number of aromatic amines is 1. The SMILES string of the molecule is O=C(O)c1oc2ccccc2c1C(S)c1ncn[nH]1. The van der Waals surface area contributed by atoms with E-state index < -0.39 is 11.2 Å². The van der Waals surface area contributed by atoms with Gasteiger partial charge in [-0.05, 0) is 6.07 Å². The maximum Gasteiger partial charge on any atom is 0.372 e. The highest BCUT2D eigenvalue weighted by atomic mass is 32.1. The summed E-state index contributed by atoms with van der Waals surface area (Å²) in [5.41, 5.74) is 0.983. The summed E-state index contributed by atoms with van der Waals surface area (Å²) in [7, 11) is 0. The van der Waals surface area contributed by atoms with Gasteiger partial charge in [-0.1, -0.05) is 18.2 Å². The van der Waals surface area contributed by atoms with Gasteiger partial charge in [-0.2, -0.15) is 17.7 Å². The predicted octanol–water partition coefficient (Wildman–Crippen LogP) is 2.27. The molecule has 0 saturated heterocycles. The molecule has 6 nitrogen and oxygen atoms in total. The Hall–Kier alpha value is -2.28. The number of aromatic nitrogens is 3. The summed E-state index contributed by atoms with van der Waals surface area (Å²) >= 11 is 4.42. The summed E-state index contributed by atoms with van der Waals surface area (Å²) in [6.07, 6.45) is 1.35. The molecule has 2 heterocycles. The van der Waals surface area contributed by atoms with Gasteiger partial charge in [0.25, 0.3) is 0 Å². The zero-order valence-electron chi connectivity index (χ0n) is 9.57. The number of nitrogens with one attached hydrogen (secondary N) is 1. The van der Waals surface area contributed by atoms with Crippen molar-refractivity contribution < 1.29 is 14.3 Å². The Morgan fingerprint density at radius 2 is 2.21 bits per heavy atom. The fourth-order valence-electron chi connectivity index (χ4n) is 1.98. The number of hydrogen-bond donors (Lipinski definition) is 3. The number of benzene rings is 1. The van der Waals surface area contributed by atoms with Crippen LogP contribution in [0.2, 0.25) is 0 Å². The Kier molecular flexibility index (Phi) is 2.75. The summed E-state index contributed by atoms with van der Waals surface area (Å²) in [4.78, 5) is 15.3. The van der Waals surface area contributed by atoms with Crippen molar-refractivity contribution in [1.82, 2.24) is 15.2 Å². The molecule has 0 saturated carbocycles. The molecule has 0 radical (unpaired) electrons. The van der Waals surface area contributed by atoms with Gasteiger partial charge >= 0.3 is 5.97 Å². The molecule has 0 aliphatic heterocycles. The van der Waals surface area contributed by atoms with E-state index in [0.717, 1.165) is 0 Å². The molecule has 0 aliphatic rings. The minimum atomic E-state index is -1.13. The highest BCUT2D eigenvalue weighted by Crippen LogP contribution is 2.36. The van der Waals surface area contributed by atoms with Crippen molar-refractivity contribution in [2.75, 3.05) is 0 Å². The monoisotopic (exact) mass is 275 g/mol. The quantitative estimate of drug-likeness (QED) is 0.638. The number of H-pyrrole nitrogens is 1. The van der Waals surface area contributed by atoms with Crippen LogP contribution in [0.5, 0.6) is 0 Å². The molecule has 3 rings (SSSR count). The molecule has 2 N–H and O–H groups in total. The Morgan fingerprint density at radius 1 is 1.42 bits per heavy atom. The highest BCUT2D eigenvalue weighted by Gasteiger charge is 2.26. The van der Waals surface area contributed by atoms with E-state index in [9.17, 15) is 9.90 Å². The lowest BCUT2D eigenvalue weighted by Crippen LogP contribution is -2.03. The average molecular weight is 275 g/mol. The number of fused-ring (bicyclic) bond motifs is 1. The predicted molar refractivity (Wildman–Crippen MR) is 70.4 cm³/mol. The third kappa shape index (κ3) is 1.88. The Bertz CT molecular complexity index is 736. The molecule has 0 aliphatic carbocycles. The third-order valence-electron chi connectivity index (χ3n) is 2.79. The summed E-state index contributed by atoms with van der Waals surface area (Å²) in [6, 6.07) is 7.10. The van der Waals surface area contributed by atoms with Crippen LogP contribution in [0, 0.1) is 0 Å². The second-order valence-electron chi connectivity index (χ2n) is 3.92. The van der Waals surface area contributed by atoms with Gasteiger partial charge in [-0.3, -0.25) is 5.10 Å². The van der Waals surface area contributed by atoms with Crippen LogP contribution in [-0.4, -0.2) is 26.3 Å². The van der Waals surface area contributed by atoms with Crippen LogP contribution in [0.4, 0.5) is 0 Å². The van der Waals surface area contributed by atoms with Crippen molar-refractivity contribution in [3.8, 4) is 0 Å². The molecule has 1 atom stereocenters. The minimum Gasteiger partial charge on any atom is -0.475 e. The number of para-hydroxylation sites is 1. The lowest BCUT2D eigenvalue weighted by molar-refractivity contribution is 0.0663. The topological polar surface area (TPSA) is 92.0 Å². The van der Waals surface area contributed by atoms with Gasteiger partial charge in [0.1, 0.15) is 17.7 Å². The molecule has 0 fully saturated rings. The molecule has 0 amide bonds. The molecule has 0 spiro atoms. The number of rotatable bonds is 3. The Morgan fingerprint density at radius 3 is 2.89 bits per heavy atom. The van der Waals surface area contributed by atoms with Gasteiger partial charge in [0.2, 0.25) is 5.76 Å². The molecule has 3 aromatic rings. The highest BCUT2D eigenvalue weighted by molar-refractivity contribution is 7.80. The number of carboxylic acids is 1. The van der Waals surface area contributed by atoms with Crippen LogP contribution in [0.1, 0.15) is 27.2 Å². The standard InChI is InChI=1S/C12H9N3O3S/c16-12(17)9-8(10(19)11-13-5-14-15-11)6-3-1-2-4-7(6)18-9/h1-5,10,19H,(H,16,17)(H,13,14,15). The van der Waals surface area contributed by atoms with Gasteiger partial charge in [0.15, 0.2) is 0 Å². The smallest absolute Gasteiger partial charge is 0.372 e. The molecular weight excluding hydrogens is 266 g/mol. The normalized spacial score (nSPS) is 12.7. The van der Waals surface area contributed by atoms with Crippen LogP contribution in [0.25, 0.3) is 11.0 Å². The molecular formula is C12H9N3O3S.